The second-order valence-electron chi connectivity index (χ2n) is 3.75. The van der Waals surface area contributed by atoms with Crippen LogP contribution in [-0.2, 0) is 6.18 Å². The molecule has 0 spiro atoms. The maximum Gasteiger partial charge on any atom is 0.432 e. The monoisotopic (exact) mass is 273 g/mol. The van der Waals surface area contributed by atoms with E-state index in [-0.39, 0.29) is 28.6 Å². The fourth-order valence-corrected chi connectivity index (χ4v) is 1.56. The summed E-state index contributed by atoms with van der Waals surface area (Å²) in [4.78, 5) is 5.75. The number of anilines is 1. The molecule has 0 fully saturated rings. The van der Waals surface area contributed by atoms with Crippen LogP contribution in [0.15, 0.2) is 18.3 Å². The number of aromatic nitrogens is 2. The molecule has 0 radical (unpaired) electrons. The molecule has 1 aromatic carbocycles. The van der Waals surface area contributed by atoms with Gasteiger partial charge in [-0.2, -0.15) is 13.2 Å². The molecule has 4 N–H and O–H groups in total. The van der Waals surface area contributed by atoms with Crippen molar-refractivity contribution in [3.63, 3.8) is 0 Å². The summed E-state index contributed by atoms with van der Waals surface area (Å²) in [5.41, 5.74) is 4.96. The Balaban J connectivity index is 2.50. The van der Waals surface area contributed by atoms with E-state index in [0.717, 1.165) is 0 Å². The smallest absolute Gasteiger partial charge is 0.432 e. The van der Waals surface area contributed by atoms with Crippen molar-refractivity contribution in [3.05, 3.63) is 24.0 Å². The average Bonchev–Trinajstić information content (AvgIpc) is 2.78. The third kappa shape index (κ3) is 2.42. The number of nitrogen functional groups attached to an aromatic ring is 1. The number of aromatic hydroxyl groups is 1. The van der Waals surface area contributed by atoms with Crippen LogP contribution in [0.25, 0.3) is 11.4 Å². The summed E-state index contributed by atoms with van der Waals surface area (Å²) in [6.45, 7) is 0. The van der Waals surface area contributed by atoms with Crippen LogP contribution in [0.1, 0.15) is 5.69 Å². The van der Waals surface area contributed by atoms with E-state index in [9.17, 15) is 18.3 Å². The second kappa shape index (κ2) is 4.38. The number of methoxy groups -OCH3 is 1. The lowest BCUT2D eigenvalue weighted by Gasteiger charge is -2.08. The first-order chi connectivity index (χ1) is 8.82. The van der Waals surface area contributed by atoms with Gasteiger partial charge in [-0.15, -0.1) is 0 Å². The molecule has 0 aliphatic rings. The molecule has 0 saturated carbocycles. The number of hydrogen-bond acceptors (Lipinski definition) is 4. The number of imidazole rings is 1. The van der Waals surface area contributed by atoms with Gasteiger partial charge in [0.1, 0.15) is 11.5 Å². The Morgan fingerprint density at radius 2 is 2.05 bits per heavy atom. The molecule has 1 aromatic heterocycles. The van der Waals surface area contributed by atoms with Crippen molar-refractivity contribution in [2.45, 2.75) is 6.18 Å². The molecule has 2 aromatic rings. The van der Waals surface area contributed by atoms with E-state index in [1.54, 1.807) is 0 Å². The van der Waals surface area contributed by atoms with Crippen molar-refractivity contribution >= 4 is 5.69 Å². The molecular formula is C11H10F3N3O2. The zero-order valence-corrected chi connectivity index (χ0v) is 9.75. The van der Waals surface area contributed by atoms with E-state index in [4.69, 9.17) is 10.5 Å². The minimum absolute atomic E-state index is 0.0527. The summed E-state index contributed by atoms with van der Waals surface area (Å²) in [5.74, 6) is -0.163. The van der Waals surface area contributed by atoms with Crippen molar-refractivity contribution in [2.24, 2.45) is 0 Å². The van der Waals surface area contributed by atoms with E-state index in [1.165, 1.54) is 19.2 Å². The molecule has 0 unspecified atom stereocenters. The van der Waals surface area contributed by atoms with Crippen LogP contribution >= 0.6 is 0 Å². The van der Waals surface area contributed by atoms with Crippen molar-refractivity contribution < 1.29 is 23.0 Å². The number of rotatable bonds is 2. The van der Waals surface area contributed by atoms with Gasteiger partial charge in [-0.3, -0.25) is 0 Å². The summed E-state index contributed by atoms with van der Waals surface area (Å²) in [6, 6.07) is 2.49. The first-order valence-electron chi connectivity index (χ1n) is 5.12. The number of alkyl halides is 3. The number of benzene rings is 1. The summed E-state index contributed by atoms with van der Waals surface area (Å²) in [6.07, 6.45) is -3.84. The predicted molar refractivity (Wildman–Crippen MR) is 61.7 cm³/mol. The van der Waals surface area contributed by atoms with Gasteiger partial charge in [-0.05, 0) is 6.07 Å². The quantitative estimate of drug-likeness (QED) is 0.733. The second-order valence-corrected chi connectivity index (χ2v) is 3.75. The fourth-order valence-electron chi connectivity index (χ4n) is 1.56. The third-order valence-corrected chi connectivity index (χ3v) is 2.49. The lowest BCUT2D eigenvalue weighted by molar-refractivity contribution is -0.140. The number of nitrogens with zero attached hydrogens (tertiary/aromatic N) is 1. The van der Waals surface area contributed by atoms with Gasteiger partial charge < -0.3 is 20.6 Å². The Kier molecular flexibility index (Phi) is 3.01. The third-order valence-electron chi connectivity index (χ3n) is 2.49. The van der Waals surface area contributed by atoms with Crippen LogP contribution in [0.3, 0.4) is 0 Å². The van der Waals surface area contributed by atoms with Crippen LogP contribution in [-0.4, -0.2) is 22.2 Å². The van der Waals surface area contributed by atoms with E-state index in [2.05, 4.69) is 9.97 Å². The van der Waals surface area contributed by atoms with Crippen molar-refractivity contribution in [2.75, 3.05) is 12.8 Å². The van der Waals surface area contributed by atoms with Crippen LogP contribution in [0.2, 0.25) is 0 Å². The molecule has 0 saturated heterocycles. The molecule has 0 aliphatic heterocycles. The van der Waals surface area contributed by atoms with Crippen molar-refractivity contribution in [1.82, 2.24) is 9.97 Å². The van der Waals surface area contributed by atoms with Gasteiger partial charge in [0, 0.05) is 17.3 Å². The average molecular weight is 273 g/mol. The molecule has 102 valence electrons. The first-order valence-corrected chi connectivity index (χ1v) is 5.12. The zero-order chi connectivity index (χ0) is 14.2. The highest BCUT2D eigenvalue weighted by atomic mass is 19.4. The number of hydrogen-bond donors (Lipinski definition) is 3. The Hall–Kier alpha value is -2.38. The van der Waals surface area contributed by atoms with Gasteiger partial charge >= 0.3 is 6.18 Å². The maximum atomic E-state index is 12.5. The Morgan fingerprint density at radius 3 is 2.58 bits per heavy atom. The minimum atomic E-state index is -4.51. The Bertz CT molecular complexity index is 608. The van der Waals surface area contributed by atoms with Crippen LogP contribution in [0, 0.1) is 0 Å². The molecule has 0 amide bonds. The molecule has 2 rings (SSSR count). The Morgan fingerprint density at radius 1 is 1.37 bits per heavy atom. The summed E-state index contributed by atoms with van der Waals surface area (Å²) in [7, 11) is 1.32. The highest BCUT2D eigenvalue weighted by molar-refractivity contribution is 5.75. The van der Waals surface area contributed by atoms with E-state index < -0.39 is 11.9 Å². The summed E-state index contributed by atoms with van der Waals surface area (Å²) < 4.78 is 42.2. The SMILES string of the molecule is COc1cc(-c2ncc(C(F)(F)F)[nH]2)c(N)cc1O. The number of phenolic OH excluding ortho intramolecular Hbond substituents is 1. The fraction of sp³-hybridized carbons (Fsp3) is 0.182. The molecule has 0 aliphatic carbocycles. The molecule has 19 heavy (non-hydrogen) atoms. The van der Waals surface area contributed by atoms with Gasteiger partial charge in [0.05, 0.1) is 13.3 Å². The van der Waals surface area contributed by atoms with E-state index >= 15 is 0 Å². The van der Waals surface area contributed by atoms with Crippen LogP contribution in [0.5, 0.6) is 11.5 Å². The van der Waals surface area contributed by atoms with Gasteiger partial charge in [-0.25, -0.2) is 4.98 Å². The molecule has 1 heterocycles. The number of nitrogens with one attached hydrogen (secondary N) is 1. The molecule has 0 atom stereocenters. The van der Waals surface area contributed by atoms with Crippen LogP contribution in [0.4, 0.5) is 18.9 Å². The van der Waals surface area contributed by atoms with E-state index in [1.807, 2.05) is 0 Å². The largest absolute Gasteiger partial charge is 0.504 e. The molecule has 8 heteroatoms. The minimum Gasteiger partial charge on any atom is -0.504 e. The number of phenols is 1. The maximum absolute atomic E-state index is 12.5. The highest BCUT2D eigenvalue weighted by Crippen LogP contribution is 2.36. The number of H-pyrrole nitrogens is 1. The normalized spacial score (nSPS) is 11.6. The molecule has 0 bridgehead atoms. The standard InChI is InChI=1S/C11H10F3N3O2/c1-19-8-2-5(6(15)3-7(8)18)10-16-4-9(17-10)11(12,13)14/h2-4,18H,15H2,1H3,(H,16,17). The van der Waals surface area contributed by atoms with Gasteiger partial charge in [-0.1, -0.05) is 0 Å². The number of ether oxygens (including phenoxy) is 1. The summed E-state index contributed by atoms with van der Waals surface area (Å²) in [5, 5.41) is 9.48. The van der Waals surface area contributed by atoms with Crippen LogP contribution < -0.4 is 10.5 Å². The Labute approximate surface area is 105 Å². The topological polar surface area (TPSA) is 84.2 Å². The number of aromatic amines is 1. The van der Waals surface area contributed by atoms with Crippen molar-refractivity contribution in [1.29, 1.82) is 0 Å². The van der Waals surface area contributed by atoms with Gasteiger partial charge in [0.2, 0.25) is 0 Å². The number of halogens is 3. The number of nitrogens with two attached hydrogens (primary N) is 1. The highest BCUT2D eigenvalue weighted by Gasteiger charge is 2.33. The van der Waals surface area contributed by atoms with E-state index in [0.29, 0.717) is 6.20 Å². The predicted octanol–water partition coefficient (Wildman–Crippen LogP) is 2.39. The zero-order valence-electron chi connectivity index (χ0n) is 9.75. The summed E-state index contributed by atoms with van der Waals surface area (Å²) >= 11 is 0. The lowest BCUT2D eigenvalue weighted by atomic mass is 10.1. The first kappa shape index (κ1) is 13.1. The lowest BCUT2D eigenvalue weighted by Crippen LogP contribution is -2.05. The van der Waals surface area contributed by atoms with Gasteiger partial charge in [0.15, 0.2) is 11.5 Å². The van der Waals surface area contributed by atoms with Crippen molar-refractivity contribution in [3.8, 4) is 22.9 Å². The van der Waals surface area contributed by atoms with Gasteiger partial charge in [0.25, 0.3) is 0 Å². The molecule has 5 nitrogen and oxygen atoms in total. The molecular weight excluding hydrogens is 263 g/mol.